The minimum absolute atomic E-state index is 0.0110. The van der Waals surface area contributed by atoms with Gasteiger partial charge in [0.05, 0.1) is 18.0 Å². The van der Waals surface area contributed by atoms with Gasteiger partial charge in [0, 0.05) is 11.8 Å². The van der Waals surface area contributed by atoms with E-state index in [1.54, 1.807) is 31.0 Å². The van der Waals surface area contributed by atoms with Crippen molar-refractivity contribution in [3.8, 4) is 0 Å². The summed E-state index contributed by atoms with van der Waals surface area (Å²) in [4.78, 5) is 36.7. The van der Waals surface area contributed by atoms with Crippen molar-refractivity contribution in [2.24, 2.45) is 0 Å². The Balaban J connectivity index is 1.96. The molecule has 0 saturated carbocycles. The maximum Gasteiger partial charge on any atom is 0.293 e. The van der Waals surface area contributed by atoms with Gasteiger partial charge in [-0.15, -0.1) is 0 Å². The highest BCUT2D eigenvalue weighted by Crippen LogP contribution is 2.27. The van der Waals surface area contributed by atoms with E-state index in [4.69, 9.17) is 0 Å². The molecule has 0 fully saturated rings. The molecule has 2 aromatic carbocycles. The van der Waals surface area contributed by atoms with Crippen molar-refractivity contribution in [2.45, 2.75) is 20.8 Å². The monoisotopic (exact) mass is 384 g/mol. The fourth-order valence-corrected chi connectivity index (χ4v) is 2.88. The van der Waals surface area contributed by atoms with Crippen molar-refractivity contribution in [1.29, 1.82) is 0 Å². The summed E-state index contributed by atoms with van der Waals surface area (Å²) in [6, 6.07) is 10.3. The van der Waals surface area contributed by atoms with Crippen LogP contribution in [-0.4, -0.2) is 41.8 Å². The Morgan fingerprint density at radius 1 is 0.893 bits per heavy atom. The van der Waals surface area contributed by atoms with Gasteiger partial charge < -0.3 is 10.6 Å². The van der Waals surface area contributed by atoms with Crippen LogP contribution in [0, 0.1) is 30.9 Å². The standard InChI is InChI=1S/C20H24N4O4/c1-13-7-5-8-14(2)19(13)21-17(25)11-23(4)12-18(26)22-20-15(3)9-6-10-16(20)24(27)28/h5-10H,11-12H2,1-4H3,(H,21,25)(H,22,26). The van der Waals surface area contributed by atoms with Crippen molar-refractivity contribution in [1.82, 2.24) is 4.90 Å². The Labute approximate surface area is 163 Å². The number of rotatable bonds is 7. The van der Waals surface area contributed by atoms with Crippen molar-refractivity contribution < 1.29 is 14.5 Å². The second-order valence-electron chi connectivity index (χ2n) is 6.76. The van der Waals surface area contributed by atoms with Gasteiger partial charge in [-0.1, -0.05) is 30.3 Å². The summed E-state index contributed by atoms with van der Waals surface area (Å²) in [6.45, 7) is 5.44. The molecule has 8 nitrogen and oxygen atoms in total. The van der Waals surface area contributed by atoms with Gasteiger partial charge in [-0.2, -0.15) is 0 Å². The molecule has 0 radical (unpaired) electrons. The molecule has 2 aromatic rings. The highest BCUT2D eigenvalue weighted by atomic mass is 16.6. The molecule has 0 unspecified atom stereocenters. The van der Waals surface area contributed by atoms with E-state index in [0.29, 0.717) is 5.56 Å². The second-order valence-corrected chi connectivity index (χ2v) is 6.76. The lowest BCUT2D eigenvalue weighted by Gasteiger charge is -2.18. The first kappa shape index (κ1) is 21.0. The SMILES string of the molecule is Cc1cccc(C)c1NC(=O)CN(C)CC(=O)Nc1c(C)cccc1[N+](=O)[O-]. The largest absolute Gasteiger partial charge is 0.324 e. The van der Waals surface area contributed by atoms with E-state index in [0.717, 1.165) is 16.8 Å². The van der Waals surface area contributed by atoms with Crippen molar-refractivity contribution in [2.75, 3.05) is 30.8 Å². The van der Waals surface area contributed by atoms with Crippen molar-refractivity contribution >= 4 is 28.9 Å². The van der Waals surface area contributed by atoms with Crippen LogP contribution < -0.4 is 10.6 Å². The van der Waals surface area contributed by atoms with E-state index in [1.165, 1.54) is 6.07 Å². The molecule has 28 heavy (non-hydrogen) atoms. The zero-order valence-corrected chi connectivity index (χ0v) is 16.4. The van der Waals surface area contributed by atoms with Gasteiger partial charge in [0.1, 0.15) is 5.69 Å². The number of nitro benzene ring substituents is 1. The molecule has 0 aliphatic rings. The van der Waals surface area contributed by atoms with Gasteiger partial charge in [-0.25, -0.2) is 0 Å². The van der Waals surface area contributed by atoms with E-state index >= 15 is 0 Å². The van der Waals surface area contributed by atoms with Crippen LogP contribution in [-0.2, 0) is 9.59 Å². The minimum atomic E-state index is -0.537. The summed E-state index contributed by atoms with van der Waals surface area (Å²) >= 11 is 0. The molecule has 2 rings (SSSR count). The van der Waals surface area contributed by atoms with Crippen LogP contribution >= 0.6 is 0 Å². The number of benzene rings is 2. The van der Waals surface area contributed by atoms with Crippen LogP contribution in [0.3, 0.4) is 0 Å². The van der Waals surface area contributed by atoms with Crippen molar-refractivity contribution in [3.05, 3.63) is 63.2 Å². The van der Waals surface area contributed by atoms with Crippen LogP contribution in [0.5, 0.6) is 0 Å². The number of anilines is 2. The first-order chi connectivity index (χ1) is 13.2. The van der Waals surface area contributed by atoms with Gasteiger partial charge in [0.25, 0.3) is 5.69 Å². The molecular weight excluding hydrogens is 360 g/mol. The third-order valence-electron chi connectivity index (χ3n) is 4.28. The first-order valence-corrected chi connectivity index (χ1v) is 8.77. The third kappa shape index (κ3) is 5.37. The van der Waals surface area contributed by atoms with Gasteiger partial charge in [0.2, 0.25) is 11.8 Å². The average Bonchev–Trinajstić information content (AvgIpc) is 2.59. The van der Waals surface area contributed by atoms with Crippen LogP contribution in [0.25, 0.3) is 0 Å². The van der Waals surface area contributed by atoms with Gasteiger partial charge in [-0.05, 0) is 44.5 Å². The average molecular weight is 384 g/mol. The Hall–Kier alpha value is -3.26. The second kappa shape index (κ2) is 9.09. The molecular formula is C20H24N4O4. The number of nitrogens with one attached hydrogen (secondary N) is 2. The Bertz CT molecular complexity index is 891. The summed E-state index contributed by atoms with van der Waals surface area (Å²) in [5.74, 6) is -0.672. The summed E-state index contributed by atoms with van der Waals surface area (Å²) in [5.41, 5.74) is 3.29. The molecule has 0 saturated heterocycles. The molecule has 0 heterocycles. The smallest absolute Gasteiger partial charge is 0.293 e. The van der Waals surface area contributed by atoms with Gasteiger partial charge in [0.15, 0.2) is 0 Å². The Morgan fingerprint density at radius 2 is 1.32 bits per heavy atom. The van der Waals surface area contributed by atoms with E-state index in [9.17, 15) is 19.7 Å². The zero-order chi connectivity index (χ0) is 20.8. The normalized spacial score (nSPS) is 10.6. The van der Waals surface area contributed by atoms with Crippen LogP contribution in [0.4, 0.5) is 17.1 Å². The highest BCUT2D eigenvalue weighted by Gasteiger charge is 2.19. The number of nitrogens with zero attached hydrogens (tertiary/aromatic N) is 2. The fraction of sp³-hybridized carbons (Fsp3) is 0.300. The molecule has 0 spiro atoms. The number of para-hydroxylation sites is 2. The lowest BCUT2D eigenvalue weighted by Crippen LogP contribution is -2.36. The summed E-state index contributed by atoms with van der Waals surface area (Å²) in [7, 11) is 1.64. The van der Waals surface area contributed by atoms with Crippen molar-refractivity contribution in [3.63, 3.8) is 0 Å². The number of carbonyl (C=O) groups is 2. The molecule has 0 aliphatic carbocycles. The molecule has 8 heteroatoms. The van der Waals surface area contributed by atoms with E-state index in [2.05, 4.69) is 10.6 Å². The maximum absolute atomic E-state index is 12.3. The van der Waals surface area contributed by atoms with E-state index in [-0.39, 0.29) is 30.4 Å². The van der Waals surface area contributed by atoms with Gasteiger partial charge >= 0.3 is 0 Å². The quantitative estimate of drug-likeness (QED) is 0.564. The molecule has 0 aliphatic heterocycles. The first-order valence-electron chi connectivity index (χ1n) is 8.77. The number of nitro groups is 1. The predicted octanol–water partition coefficient (Wildman–Crippen LogP) is 3.03. The minimum Gasteiger partial charge on any atom is -0.324 e. The maximum atomic E-state index is 12.3. The molecule has 148 valence electrons. The number of carbonyl (C=O) groups excluding carboxylic acids is 2. The van der Waals surface area contributed by atoms with Gasteiger partial charge in [-0.3, -0.25) is 24.6 Å². The topological polar surface area (TPSA) is 105 Å². The van der Waals surface area contributed by atoms with Crippen LogP contribution in [0.15, 0.2) is 36.4 Å². The molecule has 2 N–H and O–H groups in total. The fourth-order valence-electron chi connectivity index (χ4n) is 2.88. The molecule has 0 bridgehead atoms. The summed E-state index contributed by atoms with van der Waals surface area (Å²) in [5, 5.41) is 16.6. The number of likely N-dealkylation sites (N-methyl/N-ethyl adjacent to an activating group) is 1. The summed E-state index contributed by atoms with van der Waals surface area (Å²) < 4.78 is 0. The van der Waals surface area contributed by atoms with E-state index in [1.807, 2.05) is 32.0 Å². The Kier molecular flexibility index (Phi) is 6.84. The zero-order valence-electron chi connectivity index (χ0n) is 16.4. The van der Waals surface area contributed by atoms with Crippen LogP contribution in [0.2, 0.25) is 0 Å². The number of amides is 2. The third-order valence-corrected chi connectivity index (χ3v) is 4.28. The highest BCUT2D eigenvalue weighted by molar-refractivity contribution is 5.97. The Morgan fingerprint density at radius 3 is 1.82 bits per heavy atom. The molecule has 0 atom stereocenters. The molecule has 2 amide bonds. The number of hydrogen-bond acceptors (Lipinski definition) is 5. The number of aryl methyl sites for hydroxylation is 3. The summed E-state index contributed by atoms with van der Waals surface area (Å²) in [6.07, 6.45) is 0. The van der Waals surface area contributed by atoms with Crippen LogP contribution in [0.1, 0.15) is 16.7 Å². The number of hydrogen-bond donors (Lipinski definition) is 2. The molecule has 0 aromatic heterocycles. The lowest BCUT2D eigenvalue weighted by atomic mass is 10.1. The van der Waals surface area contributed by atoms with E-state index < -0.39 is 10.8 Å². The predicted molar refractivity (Wildman–Crippen MR) is 109 cm³/mol. The lowest BCUT2D eigenvalue weighted by molar-refractivity contribution is -0.384.